The molecule has 1 saturated heterocycles. The second-order valence-corrected chi connectivity index (χ2v) is 14.5. The van der Waals surface area contributed by atoms with Crippen molar-refractivity contribution in [1.82, 2.24) is 0 Å². The minimum absolute atomic E-state index is 0.198. The molecule has 0 radical (unpaired) electrons. The number of benzene rings is 4. The largest absolute Gasteiger partial charge is 0.494 e. The van der Waals surface area contributed by atoms with Gasteiger partial charge in [0.05, 0.1) is 64.0 Å². The monoisotopic (exact) mass is 880 g/mol. The molecule has 0 spiro atoms. The van der Waals surface area contributed by atoms with Crippen LogP contribution in [0.15, 0.2) is 122 Å². The average molecular weight is 881 g/mol. The summed E-state index contributed by atoms with van der Waals surface area (Å²) in [6, 6.07) is 27.5. The van der Waals surface area contributed by atoms with Crippen LogP contribution in [0.5, 0.6) is 23.0 Å². The summed E-state index contributed by atoms with van der Waals surface area (Å²) in [4.78, 5) is 47.7. The molecule has 340 valence electrons. The number of hydrogen-bond donors (Lipinski definition) is 0. The molecule has 1 aliphatic heterocycles. The van der Waals surface area contributed by atoms with Crippen molar-refractivity contribution in [2.45, 2.75) is 77.2 Å². The van der Waals surface area contributed by atoms with E-state index in [0.29, 0.717) is 73.8 Å². The normalized spacial score (nSPS) is 14.4. The Kier molecular flexibility index (Phi) is 21.1. The Bertz CT molecular complexity index is 1900. The number of esters is 4. The van der Waals surface area contributed by atoms with Crippen molar-refractivity contribution in [3.8, 4) is 23.0 Å². The van der Waals surface area contributed by atoms with Gasteiger partial charge in [-0.05, 0) is 135 Å². The summed E-state index contributed by atoms with van der Waals surface area (Å²) in [5.74, 6) is 0.285. The number of carbonyl (C=O) groups is 4. The van der Waals surface area contributed by atoms with Crippen molar-refractivity contribution in [3.63, 3.8) is 0 Å². The van der Waals surface area contributed by atoms with Crippen molar-refractivity contribution >= 4 is 23.9 Å². The molecule has 0 aromatic heterocycles. The molecule has 0 amide bonds. The topological polar surface area (TPSA) is 161 Å². The predicted octanol–water partition coefficient (Wildman–Crippen LogP) is 8.89. The van der Waals surface area contributed by atoms with Gasteiger partial charge in [0.1, 0.15) is 23.0 Å². The lowest BCUT2D eigenvalue weighted by molar-refractivity contribution is -0.326. The maximum absolute atomic E-state index is 12.8. The van der Waals surface area contributed by atoms with Crippen molar-refractivity contribution in [1.29, 1.82) is 0 Å². The summed E-state index contributed by atoms with van der Waals surface area (Å²) in [6.07, 6.45) is 7.79. The molecule has 5 rings (SSSR count). The van der Waals surface area contributed by atoms with E-state index in [1.807, 2.05) is 0 Å². The number of unbranched alkanes of at least 4 members (excludes halogenated alkanes) is 6. The van der Waals surface area contributed by atoms with Gasteiger partial charge in [0.2, 0.25) is 12.6 Å². The molecule has 2 atom stereocenters. The molecular formula is C50H56O14. The molecule has 14 nitrogen and oxygen atoms in total. The van der Waals surface area contributed by atoms with Gasteiger partial charge in [0, 0.05) is 12.2 Å². The lowest BCUT2D eigenvalue weighted by Crippen LogP contribution is -2.41. The summed E-state index contributed by atoms with van der Waals surface area (Å²) in [7, 11) is 0. The van der Waals surface area contributed by atoms with E-state index >= 15 is 0 Å². The van der Waals surface area contributed by atoms with Gasteiger partial charge in [0.15, 0.2) is 0 Å². The van der Waals surface area contributed by atoms with Crippen LogP contribution < -0.4 is 18.9 Å². The number of ether oxygens (including phenoxy) is 10. The fourth-order valence-electron chi connectivity index (χ4n) is 6.07. The summed E-state index contributed by atoms with van der Waals surface area (Å²) in [5, 5.41) is 0. The Hall–Kier alpha value is -6.32. The van der Waals surface area contributed by atoms with E-state index in [-0.39, 0.29) is 13.2 Å². The lowest BCUT2D eigenvalue weighted by Gasteiger charge is -2.31. The molecule has 0 bridgehead atoms. The van der Waals surface area contributed by atoms with Crippen molar-refractivity contribution in [3.05, 3.63) is 145 Å². The standard InChI is InChI=1S/C50H56O14/c1-3-45(51)57-31-11-7-5-9-29-55-41-25-17-39(18-26-41)47(53)63-43-21-13-37(14-22-43)35-61-49-50(60-34-33-59-49)62-36-38-15-23-44(24-16-38)64-48(54)40-19-27-42(28-20-40)56-30-10-6-8-12-32-58-46(52)4-2/h3-4,13-28,49-50H,1-2,5-12,29-36H2. The molecule has 1 heterocycles. The second kappa shape index (κ2) is 27.7. The predicted molar refractivity (Wildman–Crippen MR) is 235 cm³/mol. The molecule has 14 heteroatoms. The van der Waals surface area contributed by atoms with E-state index in [4.69, 9.17) is 47.4 Å². The minimum Gasteiger partial charge on any atom is -0.494 e. The zero-order valence-electron chi connectivity index (χ0n) is 36.0. The van der Waals surface area contributed by atoms with Gasteiger partial charge in [0.25, 0.3) is 0 Å². The zero-order valence-corrected chi connectivity index (χ0v) is 36.0. The number of rotatable bonds is 28. The van der Waals surface area contributed by atoms with Crippen molar-refractivity contribution < 1.29 is 66.5 Å². The van der Waals surface area contributed by atoms with Crippen LogP contribution in [-0.2, 0) is 51.2 Å². The smallest absolute Gasteiger partial charge is 0.343 e. The van der Waals surface area contributed by atoms with Gasteiger partial charge >= 0.3 is 23.9 Å². The Balaban J connectivity index is 0.957. The van der Waals surface area contributed by atoms with Crippen molar-refractivity contribution in [2.24, 2.45) is 0 Å². The highest BCUT2D eigenvalue weighted by Gasteiger charge is 2.29. The van der Waals surface area contributed by atoms with Gasteiger partial charge in [-0.15, -0.1) is 0 Å². The van der Waals surface area contributed by atoms with E-state index in [1.165, 1.54) is 0 Å². The first-order chi connectivity index (χ1) is 31.3. The fourth-order valence-corrected chi connectivity index (χ4v) is 6.07. The molecule has 0 aliphatic carbocycles. The third-order valence-electron chi connectivity index (χ3n) is 9.58. The van der Waals surface area contributed by atoms with Crippen LogP contribution in [0.3, 0.4) is 0 Å². The van der Waals surface area contributed by atoms with E-state index in [1.54, 1.807) is 97.1 Å². The lowest BCUT2D eigenvalue weighted by atomic mass is 10.2. The Labute approximate surface area is 373 Å². The first kappa shape index (κ1) is 48.7. The quantitative estimate of drug-likeness (QED) is 0.0230. The maximum atomic E-state index is 12.8. The van der Waals surface area contributed by atoms with Gasteiger partial charge in [-0.3, -0.25) is 0 Å². The van der Waals surface area contributed by atoms with E-state index in [9.17, 15) is 19.2 Å². The van der Waals surface area contributed by atoms with Crippen LogP contribution in [-0.4, -0.2) is 76.1 Å². The third-order valence-corrected chi connectivity index (χ3v) is 9.58. The summed E-state index contributed by atoms with van der Waals surface area (Å²) in [5.41, 5.74) is 2.43. The highest BCUT2D eigenvalue weighted by atomic mass is 16.8. The average Bonchev–Trinajstić information content (AvgIpc) is 3.33. The summed E-state index contributed by atoms with van der Waals surface area (Å²) < 4.78 is 56.3. The van der Waals surface area contributed by atoms with Crippen LogP contribution >= 0.6 is 0 Å². The van der Waals surface area contributed by atoms with E-state index in [0.717, 1.165) is 74.6 Å². The summed E-state index contributed by atoms with van der Waals surface area (Å²) in [6.45, 7) is 9.68. The molecule has 0 N–H and O–H groups in total. The first-order valence-electron chi connectivity index (χ1n) is 21.4. The summed E-state index contributed by atoms with van der Waals surface area (Å²) >= 11 is 0. The first-order valence-corrected chi connectivity index (χ1v) is 21.4. The van der Waals surface area contributed by atoms with Crippen LogP contribution in [0.25, 0.3) is 0 Å². The highest BCUT2D eigenvalue weighted by molar-refractivity contribution is 5.91. The fraction of sp³-hybridized carbons (Fsp3) is 0.360. The van der Waals surface area contributed by atoms with Crippen LogP contribution in [0.4, 0.5) is 0 Å². The van der Waals surface area contributed by atoms with Crippen LogP contribution in [0.1, 0.15) is 83.2 Å². The van der Waals surface area contributed by atoms with Crippen molar-refractivity contribution in [2.75, 3.05) is 39.6 Å². The van der Waals surface area contributed by atoms with Gasteiger partial charge in [-0.1, -0.05) is 37.4 Å². The molecule has 1 aliphatic rings. The zero-order chi connectivity index (χ0) is 45.2. The van der Waals surface area contributed by atoms with E-state index < -0.39 is 36.5 Å². The third kappa shape index (κ3) is 17.8. The Morgan fingerprint density at radius 3 is 1.17 bits per heavy atom. The molecule has 64 heavy (non-hydrogen) atoms. The SMILES string of the molecule is C=CC(=O)OCCCCCCOc1ccc(C(=O)Oc2ccc(COC3OCCOC3OCc3ccc(OC(=O)c4ccc(OCCCCCCOC(=O)C=C)cc4)cc3)cc2)cc1. The number of hydrogen-bond acceptors (Lipinski definition) is 14. The molecule has 0 saturated carbocycles. The Morgan fingerprint density at radius 2 is 0.812 bits per heavy atom. The van der Waals surface area contributed by atoms with Crippen LogP contribution in [0.2, 0.25) is 0 Å². The molecular weight excluding hydrogens is 825 g/mol. The molecule has 4 aromatic rings. The molecule has 1 fully saturated rings. The van der Waals surface area contributed by atoms with Gasteiger partial charge in [-0.25, -0.2) is 19.2 Å². The highest BCUT2D eigenvalue weighted by Crippen LogP contribution is 2.22. The number of carbonyl (C=O) groups excluding carboxylic acids is 4. The Morgan fingerprint density at radius 1 is 0.469 bits per heavy atom. The minimum atomic E-state index is -0.775. The maximum Gasteiger partial charge on any atom is 0.343 e. The molecule has 2 unspecified atom stereocenters. The molecule has 4 aromatic carbocycles. The van der Waals surface area contributed by atoms with Gasteiger partial charge < -0.3 is 47.4 Å². The van der Waals surface area contributed by atoms with Gasteiger partial charge in [-0.2, -0.15) is 0 Å². The van der Waals surface area contributed by atoms with Crippen LogP contribution in [0, 0.1) is 0 Å². The van der Waals surface area contributed by atoms with E-state index in [2.05, 4.69) is 13.2 Å². The second-order valence-electron chi connectivity index (χ2n) is 14.5.